The topological polar surface area (TPSA) is 63.6 Å². The standard InChI is InChI=1S/C14H26O4/c1-12(2)8-5-3-4-6-11-18-14(17)10-7-9-13(15)16/h12H,3-11H2,1-2H3,(H,15,16). The zero-order valence-electron chi connectivity index (χ0n) is 11.6. The molecule has 0 rings (SSSR count). The van der Waals surface area contributed by atoms with Crippen molar-refractivity contribution < 1.29 is 19.4 Å². The van der Waals surface area contributed by atoms with Gasteiger partial charge in [-0.2, -0.15) is 0 Å². The molecule has 0 amide bonds. The number of carboxylic acids is 1. The van der Waals surface area contributed by atoms with Crippen molar-refractivity contribution in [3.05, 3.63) is 0 Å². The molecule has 0 fully saturated rings. The number of rotatable bonds is 11. The Morgan fingerprint density at radius 2 is 1.67 bits per heavy atom. The van der Waals surface area contributed by atoms with E-state index >= 15 is 0 Å². The number of esters is 1. The highest BCUT2D eigenvalue weighted by atomic mass is 16.5. The SMILES string of the molecule is CC(C)CCCCCCOC(=O)CCCC(=O)O. The quantitative estimate of drug-likeness (QED) is 0.456. The average molecular weight is 258 g/mol. The van der Waals surface area contributed by atoms with E-state index in [0.717, 1.165) is 18.8 Å². The maximum atomic E-state index is 11.2. The molecule has 0 aromatic carbocycles. The molecule has 0 aromatic rings. The van der Waals surface area contributed by atoms with E-state index < -0.39 is 5.97 Å². The van der Waals surface area contributed by atoms with Crippen LogP contribution in [-0.4, -0.2) is 23.7 Å². The lowest BCUT2D eigenvalue weighted by molar-refractivity contribution is -0.144. The monoisotopic (exact) mass is 258 g/mol. The number of carbonyl (C=O) groups excluding carboxylic acids is 1. The smallest absolute Gasteiger partial charge is 0.305 e. The Kier molecular flexibility index (Phi) is 10.4. The zero-order chi connectivity index (χ0) is 13.8. The summed E-state index contributed by atoms with van der Waals surface area (Å²) in [6, 6.07) is 0. The Morgan fingerprint density at radius 3 is 2.28 bits per heavy atom. The van der Waals surface area contributed by atoms with Gasteiger partial charge in [-0.05, 0) is 18.8 Å². The van der Waals surface area contributed by atoms with Crippen LogP contribution in [0.15, 0.2) is 0 Å². The molecule has 0 unspecified atom stereocenters. The number of hydrogen-bond acceptors (Lipinski definition) is 3. The number of ether oxygens (including phenoxy) is 1. The fourth-order valence-electron chi connectivity index (χ4n) is 1.65. The summed E-state index contributed by atoms with van der Waals surface area (Å²) >= 11 is 0. The van der Waals surface area contributed by atoms with Gasteiger partial charge in [0.2, 0.25) is 0 Å². The van der Waals surface area contributed by atoms with Crippen LogP contribution >= 0.6 is 0 Å². The molecule has 4 heteroatoms. The van der Waals surface area contributed by atoms with Crippen LogP contribution in [0.1, 0.15) is 65.2 Å². The predicted octanol–water partition coefficient (Wildman–Crippen LogP) is 3.39. The molecule has 0 atom stereocenters. The van der Waals surface area contributed by atoms with Crippen LogP contribution in [0.3, 0.4) is 0 Å². The van der Waals surface area contributed by atoms with E-state index in [0.29, 0.717) is 13.0 Å². The third-order valence-electron chi connectivity index (χ3n) is 2.71. The first-order valence-electron chi connectivity index (χ1n) is 6.89. The molecule has 18 heavy (non-hydrogen) atoms. The van der Waals surface area contributed by atoms with Gasteiger partial charge >= 0.3 is 11.9 Å². The van der Waals surface area contributed by atoms with E-state index in [4.69, 9.17) is 9.84 Å². The largest absolute Gasteiger partial charge is 0.481 e. The van der Waals surface area contributed by atoms with Gasteiger partial charge in [0.15, 0.2) is 0 Å². The molecular formula is C14H26O4. The molecule has 4 nitrogen and oxygen atoms in total. The van der Waals surface area contributed by atoms with Crippen molar-refractivity contribution in [2.45, 2.75) is 65.2 Å². The van der Waals surface area contributed by atoms with Crippen molar-refractivity contribution in [2.24, 2.45) is 5.92 Å². The van der Waals surface area contributed by atoms with Gasteiger partial charge in [0.1, 0.15) is 0 Å². The van der Waals surface area contributed by atoms with Crippen molar-refractivity contribution in [3.8, 4) is 0 Å². The molecular weight excluding hydrogens is 232 g/mol. The lowest BCUT2D eigenvalue weighted by Gasteiger charge is -2.05. The molecule has 0 saturated carbocycles. The van der Waals surface area contributed by atoms with Crippen molar-refractivity contribution >= 4 is 11.9 Å². The molecule has 0 aliphatic heterocycles. The summed E-state index contributed by atoms with van der Waals surface area (Å²) in [5.74, 6) is -0.386. The van der Waals surface area contributed by atoms with Crippen LogP contribution in [0.25, 0.3) is 0 Å². The normalized spacial score (nSPS) is 10.6. The number of hydrogen-bond donors (Lipinski definition) is 1. The van der Waals surface area contributed by atoms with Crippen molar-refractivity contribution in [2.75, 3.05) is 6.61 Å². The van der Waals surface area contributed by atoms with Crippen molar-refractivity contribution in [1.82, 2.24) is 0 Å². The third kappa shape index (κ3) is 13.0. The molecule has 0 aliphatic rings. The highest BCUT2D eigenvalue weighted by Crippen LogP contribution is 2.09. The summed E-state index contributed by atoms with van der Waals surface area (Å²) in [4.78, 5) is 21.4. The van der Waals surface area contributed by atoms with E-state index in [1.54, 1.807) is 0 Å². The van der Waals surface area contributed by atoms with Gasteiger partial charge < -0.3 is 9.84 Å². The van der Waals surface area contributed by atoms with E-state index in [9.17, 15) is 9.59 Å². The first kappa shape index (κ1) is 16.9. The first-order chi connectivity index (χ1) is 8.52. The molecule has 0 spiro atoms. The van der Waals surface area contributed by atoms with Gasteiger partial charge in [-0.3, -0.25) is 9.59 Å². The molecule has 1 N–H and O–H groups in total. The molecule has 0 aromatic heterocycles. The van der Waals surface area contributed by atoms with Crippen LogP contribution in [0.5, 0.6) is 0 Å². The highest BCUT2D eigenvalue weighted by molar-refractivity contribution is 5.71. The maximum absolute atomic E-state index is 11.2. The summed E-state index contributed by atoms with van der Waals surface area (Å²) < 4.78 is 5.02. The van der Waals surface area contributed by atoms with E-state index in [2.05, 4.69) is 13.8 Å². The summed E-state index contributed by atoms with van der Waals surface area (Å²) in [7, 11) is 0. The molecule has 0 aliphatic carbocycles. The zero-order valence-corrected chi connectivity index (χ0v) is 11.6. The van der Waals surface area contributed by atoms with Gasteiger partial charge in [-0.25, -0.2) is 0 Å². The minimum Gasteiger partial charge on any atom is -0.481 e. The lowest BCUT2D eigenvalue weighted by Crippen LogP contribution is -2.06. The number of unbranched alkanes of at least 4 members (excludes halogenated alkanes) is 3. The minimum atomic E-state index is -0.868. The Hall–Kier alpha value is -1.06. The lowest BCUT2D eigenvalue weighted by atomic mass is 10.0. The van der Waals surface area contributed by atoms with Crippen LogP contribution in [0, 0.1) is 5.92 Å². The summed E-state index contributed by atoms with van der Waals surface area (Å²) in [6.07, 6.45) is 6.29. The summed E-state index contributed by atoms with van der Waals surface area (Å²) in [5.41, 5.74) is 0. The van der Waals surface area contributed by atoms with Gasteiger partial charge in [-0.15, -0.1) is 0 Å². The molecule has 0 heterocycles. The molecule has 106 valence electrons. The third-order valence-corrected chi connectivity index (χ3v) is 2.71. The Bertz CT molecular complexity index is 236. The Balaban J connectivity index is 3.22. The summed E-state index contributed by atoms with van der Waals surface area (Å²) in [6.45, 7) is 4.91. The first-order valence-corrected chi connectivity index (χ1v) is 6.89. The average Bonchev–Trinajstić information content (AvgIpc) is 2.26. The van der Waals surface area contributed by atoms with Gasteiger partial charge in [0.05, 0.1) is 6.61 Å². The fourth-order valence-corrected chi connectivity index (χ4v) is 1.65. The number of carboxylic acid groups (broad SMARTS) is 1. The van der Waals surface area contributed by atoms with Crippen molar-refractivity contribution in [3.63, 3.8) is 0 Å². The maximum Gasteiger partial charge on any atom is 0.305 e. The van der Waals surface area contributed by atoms with Gasteiger partial charge in [0.25, 0.3) is 0 Å². The van der Waals surface area contributed by atoms with E-state index in [1.165, 1.54) is 19.3 Å². The second-order valence-electron chi connectivity index (χ2n) is 5.06. The predicted molar refractivity (Wildman–Crippen MR) is 70.4 cm³/mol. The number of carbonyl (C=O) groups is 2. The number of aliphatic carboxylic acids is 1. The van der Waals surface area contributed by atoms with Crippen LogP contribution in [-0.2, 0) is 14.3 Å². The Morgan fingerprint density at radius 1 is 1.00 bits per heavy atom. The minimum absolute atomic E-state index is 0.0320. The van der Waals surface area contributed by atoms with Crippen LogP contribution in [0.4, 0.5) is 0 Å². The van der Waals surface area contributed by atoms with Crippen molar-refractivity contribution in [1.29, 1.82) is 0 Å². The molecule has 0 bridgehead atoms. The molecule has 0 saturated heterocycles. The van der Waals surface area contributed by atoms with Crippen LogP contribution in [0.2, 0.25) is 0 Å². The highest BCUT2D eigenvalue weighted by Gasteiger charge is 2.04. The second kappa shape index (κ2) is 11.1. The second-order valence-corrected chi connectivity index (χ2v) is 5.06. The fraction of sp³-hybridized carbons (Fsp3) is 0.857. The summed E-state index contributed by atoms with van der Waals surface area (Å²) in [5, 5.41) is 8.41. The Labute approximate surface area is 110 Å². The van der Waals surface area contributed by atoms with Gasteiger partial charge in [0, 0.05) is 12.8 Å². The van der Waals surface area contributed by atoms with E-state index in [-0.39, 0.29) is 18.8 Å². The van der Waals surface area contributed by atoms with Gasteiger partial charge in [-0.1, -0.05) is 39.5 Å². The van der Waals surface area contributed by atoms with Crippen LogP contribution < -0.4 is 0 Å². The molecule has 0 radical (unpaired) electrons. The van der Waals surface area contributed by atoms with E-state index in [1.807, 2.05) is 0 Å².